The first-order valence-electron chi connectivity index (χ1n) is 5.12. The summed E-state index contributed by atoms with van der Waals surface area (Å²) in [6.45, 7) is 2.34. The Morgan fingerprint density at radius 1 is 1.14 bits per heavy atom. The molecular weight excluding hydrogens is 174 g/mol. The molecule has 3 heterocycles. The molecule has 0 radical (unpaired) electrons. The van der Waals surface area contributed by atoms with Gasteiger partial charge in [-0.3, -0.25) is 4.40 Å². The first kappa shape index (κ1) is 7.85. The van der Waals surface area contributed by atoms with Crippen LogP contribution in [0.4, 0.5) is 5.82 Å². The maximum atomic E-state index is 4.38. The highest BCUT2D eigenvalue weighted by atomic mass is 15.2. The van der Waals surface area contributed by atoms with Gasteiger partial charge < -0.3 is 4.90 Å². The molecule has 0 N–H and O–H groups in total. The quantitative estimate of drug-likeness (QED) is 0.680. The number of imidazole rings is 1. The summed E-state index contributed by atoms with van der Waals surface area (Å²) in [4.78, 5) is 6.79. The Morgan fingerprint density at radius 2 is 2.00 bits per heavy atom. The number of fused-ring (bicyclic) bond motifs is 1. The lowest BCUT2D eigenvalue weighted by molar-refractivity contribution is 0.924. The van der Waals surface area contributed by atoms with E-state index < -0.39 is 0 Å². The standard InChI is InChI=1S/C11H13N3/c1-2-8-14-10(5-1)12-9-11(14)13-6-3-4-7-13/h1-2,5,8-9H,3-4,6-7H2. The van der Waals surface area contributed by atoms with Crippen molar-refractivity contribution in [3.63, 3.8) is 0 Å². The fourth-order valence-corrected chi connectivity index (χ4v) is 2.10. The summed E-state index contributed by atoms with van der Waals surface area (Å²) in [5.74, 6) is 1.23. The highest BCUT2D eigenvalue weighted by molar-refractivity contribution is 5.51. The highest BCUT2D eigenvalue weighted by Crippen LogP contribution is 2.20. The van der Waals surface area contributed by atoms with Crippen LogP contribution in [-0.2, 0) is 0 Å². The molecule has 2 aromatic heterocycles. The zero-order valence-corrected chi connectivity index (χ0v) is 8.06. The van der Waals surface area contributed by atoms with Crippen LogP contribution in [0, 0.1) is 0 Å². The Hall–Kier alpha value is -1.51. The van der Waals surface area contributed by atoms with Crippen LogP contribution in [0.1, 0.15) is 12.8 Å². The lowest BCUT2D eigenvalue weighted by Crippen LogP contribution is -2.19. The molecule has 1 aliphatic rings. The highest BCUT2D eigenvalue weighted by Gasteiger charge is 2.15. The molecule has 0 aliphatic carbocycles. The topological polar surface area (TPSA) is 20.5 Å². The minimum atomic E-state index is 1.04. The van der Waals surface area contributed by atoms with Crippen molar-refractivity contribution in [2.75, 3.05) is 18.0 Å². The van der Waals surface area contributed by atoms with Crippen LogP contribution >= 0.6 is 0 Å². The Balaban J connectivity index is 2.11. The number of anilines is 1. The molecule has 0 aromatic carbocycles. The molecule has 1 fully saturated rings. The van der Waals surface area contributed by atoms with Crippen LogP contribution in [0.3, 0.4) is 0 Å². The van der Waals surface area contributed by atoms with E-state index in [0.29, 0.717) is 0 Å². The van der Waals surface area contributed by atoms with Gasteiger partial charge in [0.05, 0.1) is 6.20 Å². The third kappa shape index (κ3) is 1.09. The molecule has 0 spiro atoms. The van der Waals surface area contributed by atoms with E-state index in [4.69, 9.17) is 0 Å². The number of hydrogen-bond acceptors (Lipinski definition) is 2. The van der Waals surface area contributed by atoms with E-state index in [0.717, 1.165) is 5.65 Å². The molecule has 3 nitrogen and oxygen atoms in total. The van der Waals surface area contributed by atoms with E-state index in [1.165, 1.54) is 31.7 Å². The number of pyridine rings is 1. The molecule has 0 atom stereocenters. The lowest BCUT2D eigenvalue weighted by Gasteiger charge is -2.15. The first-order chi connectivity index (χ1) is 6.95. The van der Waals surface area contributed by atoms with Crippen LogP contribution in [0.5, 0.6) is 0 Å². The van der Waals surface area contributed by atoms with Gasteiger partial charge in [-0.05, 0) is 25.0 Å². The van der Waals surface area contributed by atoms with Crippen LogP contribution in [0.15, 0.2) is 30.6 Å². The zero-order chi connectivity index (χ0) is 9.38. The van der Waals surface area contributed by atoms with Crippen molar-refractivity contribution in [2.45, 2.75) is 12.8 Å². The number of rotatable bonds is 1. The molecule has 3 rings (SSSR count). The van der Waals surface area contributed by atoms with Crippen molar-refractivity contribution in [2.24, 2.45) is 0 Å². The number of hydrogen-bond donors (Lipinski definition) is 0. The lowest BCUT2D eigenvalue weighted by atomic mass is 10.4. The van der Waals surface area contributed by atoms with E-state index in [1.807, 2.05) is 24.4 Å². The van der Waals surface area contributed by atoms with Gasteiger partial charge >= 0.3 is 0 Å². The summed E-state index contributed by atoms with van der Waals surface area (Å²) in [5.41, 5.74) is 1.04. The SMILES string of the molecule is c1ccn2c(N3CCCC3)cnc2c1. The molecule has 72 valence electrons. The molecule has 14 heavy (non-hydrogen) atoms. The monoisotopic (exact) mass is 187 g/mol. The molecule has 1 saturated heterocycles. The van der Waals surface area contributed by atoms with Gasteiger partial charge in [0.15, 0.2) is 0 Å². The van der Waals surface area contributed by atoms with Gasteiger partial charge in [-0.15, -0.1) is 0 Å². The van der Waals surface area contributed by atoms with E-state index in [2.05, 4.69) is 20.5 Å². The average Bonchev–Trinajstić information content (AvgIpc) is 2.85. The molecule has 1 aliphatic heterocycles. The Labute approximate surface area is 83.0 Å². The van der Waals surface area contributed by atoms with Crippen LogP contribution in [0.2, 0.25) is 0 Å². The normalized spacial score (nSPS) is 16.7. The van der Waals surface area contributed by atoms with Crippen molar-refractivity contribution in [3.8, 4) is 0 Å². The summed E-state index contributed by atoms with van der Waals surface area (Å²) in [7, 11) is 0. The average molecular weight is 187 g/mol. The van der Waals surface area contributed by atoms with Crippen molar-refractivity contribution < 1.29 is 0 Å². The third-order valence-electron chi connectivity index (χ3n) is 2.83. The minimum Gasteiger partial charge on any atom is -0.356 e. The number of aromatic nitrogens is 2. The van der Waals surface area contributed by atoms with Gasteiger partial charge in [0.25, 0.3) is 0 Å². The Morgan fingerprint density at radius 3 is 2.86 bits per heavy atom. The van der Waals surface area contributed by atoms with Crippen molar-refractivity contribution in [3.05, 3.63) is 30.6 Å². The fourth-order valence-electron chi connectivity index (χ4n) is 2.10. The molecule has 3 heteroatoms. The van der Waals surface area contributed by atoms with Gasteiger partial charge in [-0.2, -0.15) is 0 Å². The van der Waals surface area contributed by atoms with Gasteiger partial charge in [0.2, 0.25) is 0 Å². The summed E-state index contributed by atoms with van der Waals surface area (Å²) in [6, 6.07) is 6.11. The first-order valence-corrected chi connectivity index (χ1v) is 5.12. The summed E-state index contributed by atoms with van der Waals surface area (Å²) in [5, 5.41) is 0. The van der Waals surface area contributed by atoms with Crippen molar-refractivity contribution in [1.29, 1.82) is 0 Å². The molecular formula is C11H13N3. The van der Waals surface area contributed by atoms with E-state index in [9.17, 15) is 0 Å². The largest absolute Gasteiger partial charge is 0.356 e. The molecule has 0 saturated carbocycles. The molecule has 0 bridgehead atoms. The summed E-state index contributed by atoms with van der Waals surface area (Å²) < 4.78 is 2.16. The number of nitrogens with zero attached hydrogens (tertiary/aromatic N) is 3. The second-order valence-electron chi connectivity index (χ2n) is 3.74. The Bertz CT molecular complexity index is 440. The maximum absolute atomic E-state index is 4.38. The summed E-state index contributed by atoms with van der Waals surface area (Å²) in [6.07, 6.45) is 6.66. The van der Waals surface area contributed by atoms with Crippen LogP contribution in [0.25, 0.3) is 5.65 Å². The molecule has 0 unspecified atom stereocenters. The maximum Gasteiger partial charge on any atom is 0.138 e. The van der Waals surface area contributed by atoms with Gasteiger partial charge in [-0.1, -0.05) is 6.07 Å². The van der Waals surface area contributed by atoms with Crippen molar-refractivity contribution in [1.82, 2.24) is 9.38 Å². The van der Waals surface area contributed by atoms with E-state index in [1.54, 1.807) is 0 Å². The van der Waals surface area contributed by atoms with E-state index >= 15 is 0 Å². The van der Waals surface area contributed by atoms with Gasteiger partial charge in [-0.25, -0.2) is 4.98 Å². The Kier molecular flexibility index (Phi) is 1.69. The predicted octanol–water partition coefficient (Wildman–Crippen LogP) is 1.93. The fraction of sp³-hybridized carbons (Fsp3) is 0.364. The molecule has 0 amide bonds. The van der Waals surface area contributed by atoms with E-state index in [-0.39, 0.29) is 0 Å². The smallest absolute Gasteiger partial charge is 0.138 e. The second-order valence-corrected chi connectivity index (χ2v) is 3.74. The third-order valence-corrected chi connectivity index (χ3v) is 2.83. The second kappa shape index (κ2) is 3.01. The van der Waals surface area contributed by atoms with Gasteiger partial charge in [0, 0.05) is 19.3 Å². The molecule has 2 aromatic rings. The van der Waals surface area contributed by atoms with Crippen LogP contribution in [-0.4, -0.2) is 22.5 Å². The van der Waals surface area contributed by atoms with Gasteiger partial charge in [0.1, 0.15) is 11.5 Å². The predicted molar refractivity (Wildman–Crippen MR) is 56.6 cm³/mol. The minimum absolute atomic E-state index is 1.04. The van der Waals surface area contributed by atoms with Crippen LogP contribution < -0.4 is 4.90 Å². The summed E-state index contributed by atoms with van der Waals surface area (Å²) >= 11 is 0. The van der Waals surface area contributed by atoms with Crippen molar-refractivity contribution >= 4 is 11.5 Å². The zero-order valence-electron chi connectivity index (χ0n) is 8.06.